The van der Waals surface area contributed by atoms with E-state index in [1.165, 1.54) is 36.2 Å². The van der Waals surface area contributed by atoms with Crippen LogP contribution in [0.15, 0.2) is 47.4 Å². The summed E-state index contributed by atoms with van der Waals surface area (Å²) in [6.45, 7) is 1.92. The Kier molecular flexibility index (Phi) is 4.96. The minimum absolute atomic E-state index is 0.0603. The molecule has 152 valence electrons. The molecule has 0 saturated heterocycles. The predicted octanol–water partition coefficient (Wildman–Crippen LogP) is 3.53. The van der Waals surface area contributed by atoms with Crippen molar-refractivity contribution in [1.29, 1.82) is 0 Å². The zero-order valence-electron chi connectivity index (χ0n) is 16.6. The predicted molar refractivity (Wildman–Crippen MR) is 113 cm³/mol. The fourth-order valence-corrected chi connectivity index (χ4v) is 4.59. The van der Waals surface area contributed by atoms with Gasteiger partial charge < -0.3 is 9.88 Å². The number of H-pyrrole nitrogens is 1. The smallest absolute Gasteiger partial charge is 0.254 e. The van der Waals surface area contributed by atoms with Crippen LogP contribution in [0.2, 0.25) is 0 Å². The number of primary sulfonamides is 1. The molecule has 1 aliphatic rings. The molecule has 0 saturated carbocycles. The summed E-state index contributed by atoms with van der Waals surface area (Å²) in [5.74, 6) is -0.0688. The van der Waals surface area contributed by atoms with Crippen LogP contribution in [-0.4, -0.2) is 31.3 Å². The van der Waals surface area contributed by atoms with Crippen LogP contribution in [0.4, 0.5) is 0 Å². The van der Waals surface area contributed by atoms with Gasteiger partial charge in [0.25, 0.3) is 5.91 Å². The van der Waals surface area contributed by atoms with Crippen LogP contribution in [0.3, 0.4) is 0 Å². The Morgan fingerprint density at radius 3 is 2.48 bits per heavy atom. The molecule has 7 heteroatoms. The first-order valence-electron chi connectivity index (χ1n) is 9.79. The third-order valence-corrected chi connectivity index (χ3v) is 6.87. The van der Waals surface area contributed by atoms with E-state index >= 15 is 0 Å². The monoisotopic (exact) mass is 411 g/mol. The van der Waals surface area contributed by atoms with Crippen LogP contribution in [0.5, 0.6) is 0 Å². The topological polar surface area (TPSA) is 96.3 Å². The Balaban J connectivity index is 1.60. The molecule has 1 heterocycles. The lowest BCUT2D eigenvalue weighted by atomic mass is 9.95. The second kappa shape index (κ2) is 7.31. The van der Waals surface area contributed by atoms with Gasteiger partial charge in [-0.1, -0.05) is 12.1 Å². The lowest BCUT2D eigenvalue weighted by Crippen LogP contribution is -2.29. The van der Waals surface area contributed by atoms with Gasteiger partial charge in [-0.2, -0.15) is 0 Å². The molecule has 1 amide bonds. The molecular formula is C22H25N3O3S. The first-order chi connectivity index (χ1) is 13.8. The first-order valence-corrected chi connectivity index (χ1v) is 11.3. The van der Waals surface area contributed by atoms with E-state index in [1.807, 2.05) is 25.1 Å². The van der Waals surface area contributed by atoms with Crippen molar-refractivity contribution in [2.24, 2.45) is 5.14 Å². The Hall–Kier alpha value is -2.64. The molecule has 1 aromatic heterocycles. The highest BCUT2D eigenvalue weighted by atomic mass is 32.2. The number of benzene rings is 2. The van der Waals surface area contributed by atoms with Crippen molar-refractivity contribution in [3.63, 3.8) is 0 Å². The molecule has 1 aliphatic carbocycles. The summed E-state index contributed by atoms with van der Waals surface area (Å²) >= 11 is 0. The number of carbonyl (C=O) groups is 1. The van der Waals surface area contributed by atoms with Crippen molar-refractivity contribution in [3.05, 3.63) is 64.8 Å². The van der Waals surface area contributed by atoms with Crippen molar-refractivity contribution in [2.45, 2.75) is 43.5 Å². The average Bonchev–Trinajstić information content (AvgIpc) is 3.09. The van der Waals surface area contributed by atoms with Gasteiger partial charge in [0, 0.05) is 29.2 Å². The van der Waals surface area contributed by atoms with Gasteiger partial charge in [0.2, 0.25) is 10.0 Å². The molecule has 0 fully saturated rings. The maximum absolute atomic E-state index is 13.1. The van der Waals surface area contributed by atoms with Gasteiger partial charge in [0.1, 0.15) is 0 Å². The van der Waals surface area contributed by atoms with Gasteiger partial charge in [-0.3, -0.25) is 4.79 Å². The van der Waals surface area contributed by atoms with Crippen LogP contribution in [0, 0.1) is 0 Å². The fraction of sp³-hybridized carbons (Fsp3) is 0.318. The number of aryl methyl sites for hydroxylation is 2. The number of fused-ring (bicyclic) bond motifs is 3. The third-order valence-electron chi connectivity index (χ3n) is 5.94. The van der Waals surface area contributed by atoms with Crippen LogP contribution in [0.25, 0.3) is 10.9 Å². The highest BCUT2D eigenvalue weighted by Gasteiger charge is 2.22. The number of nitrogens with one attached hydrogen (secondary N) is 1. The van der Waals surface area contributed by atoms with Crippen LogP contribution in [0.1, 0.15) is 53.0 Å². The van der Waals surface area contributed by atoms with Gasteiger partial charge >= 0.3 is 0 Å². The number of hydrogen-bond donors (Lipinski definition) is 2. The number of rotatable bonds is 4. The van der Waals surface area contributed by atoms with Crippen molar-refractivity contribution in [2.75, 3.05) is 7.05 Å². The van der Waals surface area contributed by atoms with E-state index in [-0.39, 0.29) is 16.8 Å². The van der Waals surface area contributed by atoms with E-state index in [2.05, 4.69) is 4.98 Å². The molecule has 2 aromatic carbocycles. The van der Waals surface area contributed by atoms with E-state index in [0.29, 0.717) is 5.56 Å². The van der Waals surface area contributed by atoms with Crippen molar-refractivity contribution < 1.29 is 13.2 Å². The van der Waals surface area contributed by atoms with Gasteiger partial charge in [0.15, 0.2) is 0 Å². The van der Waals surface area contributed by atoms with E-state index in [9.17, 15) is 13.2 Å². The number of sulfonamides is 1. The van der Waals surface area contributed by atoms with Gasteiger partial charge in [-0.25, -0.2) is 13.6 Å². The second-order valence-electron chi connectivity index (χ2n) is 7.76. The van der Waals surface area contributed by atoms with E-state index in [4.69, 9.17) is 5.14 Å². The molecule has 3 N–H and O–H groups in total. The summed E-state index contributed by atoms with van der Waals surface area (Å²) in [6, 6.07) is 12.0. The minimum atomic E-state index is -3.73. The second-order valence-corrected chi connectivity index (χ2v) is 9.32. The number of aromatic amines is 1. The maximum Gasteiger partial charge on any atom is 0.254 e. The van der Waals surface area contributed by atoms with E-state index < -0.39 is 10.0 Å². The molecule has 0 aliphatic heterocycles. The summed E-state index contributed by atoms with van der Waals surface area (Å²) in [4.78, 5) is 18.3. The number of aromatic nitrogens is 1. The summed E-state index contributed by atoms with van der Waals surface area (Å²) in [5.41, 5.74) is 5.22. The lowest BCUT2D eigenvalue weighted by molar-refractivity contribution is 0.0742. The lowest BCUT2D eigenvalue weighted by Gasteiger charge is -2.25. The Labute approximate surface area is 170 Å². The average molecular weight is 412 g/mol. The molecule has 1 unspecified atom stereocenters. The fourth-order valence-electron chi connectivity index (χ4n) is 4.08. The summed E-state index contributed by atoms with van der Waals surface area (Å²) in [7, 11) is -1.97. The highest BCUT2D eigenvalue weighted by molar-refractivity contribution is 7.89. The molecule has 29 heavy (non-hydrogen) atoms. The van der Waals surface area contributed by atoms with Crippen LogP contribution in [-0.2, 0) is 22.9 Å². The van der Waals surface area contributed by atoms with Crippen molar-refractivity contribution in [1.82, 2.24) is 9.88 Å². The third kappa shape index (κ3) is 3.68. The molecule has 3 aromatic rings. The van der Waals surface area contributed by atoms with Gasteiger partial charge in [-0.05, 0) is 74.1 Å². The standard InChI is InChI=1S/C22H25N3O3S/c1-14(15-7-10-17(11-8-15)29(23,27)28)25(2)22(26)16-9-12-21-19(13-16)18-5-3-4-6-20(18)24-21/h7-14,24H,3-6H2,1-2H3,(H2,23,27,28). The largest absolute Gasteiger partial charge is 0.358 e. The van der Waals surface area contributed by atoms with Crippen molar-refractivity contribution in [3.8, 4) is 0 Å². The Bertz CT molecular complexity index is 1180. The van der Waals surface area contributed by atoms with E-state index in [1.54, 1.807) is 24.1 Å². The molecule has 1 atom stereocenters. The van der Waals surface area contributed by atoms with Gasteiger partial charge in [-0.15, -0.1) is 0 Å². The molecule has 0 spiro atoms. The Morgan fingerprint density at radius 1 is 1.10 bits per heavy atom. The number of hydrogen-bond acceptors (Lipinski definition) is 3. The van der Waals surface area contributed by atoms with E-state index in [0.717, 1.165) is 29.3 Å². The molecule has 4 rings (SSSR count). The number of carbonyl (C=O) groups excluding carboxylic acids is 1. The first kappa shape index (κ1) is 19.7. The summed E-state index contributed by atoms with van der Waals surface area (Å²) < 4.78 is 22.9. The molecular weight excluding hydrogens is 386 g/mol. The normalized spacial score (nSPS) is 15.1. The zero-order valence-corrected chi connectivity index (χ0v) is 17.4. The summed E-state index contributed by atoms with van der Waals surface area (Å²) in [6.07, 6.45) is 4.51. The molecule has 0 radical (unpaired) electrons. The van der Waals surface area contributed by atoms with Crippen LogP contribution >= 0.6 is 0 Å². The minimum Gasteiger partial charge on any atom is -0.358 e. The quantitative estimate of drug-likeness (QED) is 0.687. The Morgan fingerprint density at radius 2 is 1.79 bits per heavy atom. The SMILES string of the molecule is CC(c1ccc(S(N)(=O)=O)cc1)N(C)C(=O)c1ccc2[nH]c3c(c2c1)CCCC3. The highest BCUT2D eigenvalue weighted by Crippen LogP contribution is 2.30. The van der Waals surface area contributed by atoms with Gasteiger partial charge in [0.05, 0.1) is 10.9 Å². The van der Waals surface area contributed by atoms with Crippen molar-refractivity contribution >= 4 is 26.8 Å². The molecule has 0 bridgehead atoms. The van der Waals surface area contributed by atoms with Crippen LogP contribution < -0.4 is 5.14 Å². The number of nitrogens with zero attached hydrogens (tertiary/aromatic N) is 1. The number of amides is 1. The zero-order chi connectivity index (χ0) is 20.8. The number of nitrogens with two attached hydrogens (primary N) is 1. The maximum atomic E-state index is 13.1. The summed E-state index contributed by atoms with van der Waals surface area (Å²) in [5, 5.41) is 6.30. The molecule has 6 nitrogen and oxygen atoms in total.